The minimum atomic E-state index is -0.900. The number of methoxy groups -OCH3 is 1. The van der Waals surface area contributed by atoms with Crippen molar-refractivity contribution in [3.05, 3.63) is 78.0 Å². The first-order chi connectivity index (χ1) is 12.1. The van der Waals surface area contributed by atoms with Gasteiger partial charge in [0.1, 0.15) is 5.82 Å². The Morgan fingerprint density at radius 1 is 1.04 bits per heavy atom. The monoisotopic (exact) mass is 340 g/mol. The van der Waals surface area contributed by atoms with Gasteiger partial charge in [-0.1, -0.05) is 12.1 Å². The first-order valence-electron chi connectivity index (χ1n) is 7.44. The van der Waals surface area contributed by atoms with E-state index >= 15 is 0 Å². The molecule has 4 nitrogen and oxygen atoms in total. The second-order valence-corrected chi connectivity index (χ2v) is 5.23. The van der Waals surface area contributed by atoms with Crippen LogP contribution in [0.4, 0.5) is 20.3 Å². The SMILES string of the molecule is COC(=O)c1ccc(Nc2ccc(-c3cccc(F)c3F)cn2)cc1. The summed E-state index contributed by atoms with van der Waals surface area (Å²) in [7, 11) is 1.32. The molecule has 6 heteroatoms. The van der Waals surface area contributed by atoms with Crippen LogP contribution >= 0.6 is 0 Å². The summed E-state index contributed by atoms with van der Waals surface area (Å²) in [6.07, 6.45) is 1.46. The van der Waals surface area contributed by atoms with E-state index in [-0.39, 0.29) is 5.56 Å². The lowest BCUT2D eigenvalue weighted by molar-refractivity contribution is 0.0601. The number of hydrogen-bond donors (Lipinski definition) is 1. The van der Waals surface area contributed by atoms with Crippen molar-refractivity contribution in [3.63, 3.8) is 0 Å². The molecule has 0 unspecified atom stereocenters. The zero-order valence-corrected chi connectivity index (χ0v) is 13.3. The summed E-state index contributed by atoms with van der Waals surface area (Å²) in [6.45, 7) is 0. The number of ether oxygens (including phenoxy) is 1. The maximum Gasteiger partial charge on any atom is 0.337 e. The van der Waals surface area contributed by atoms with Crippen molar-refractivity contribution < 1.29 is 18.3 Å². The number of halogens is 2. The predicted octanol–water partition coefficient (Wildman–Crippen LogP) is 4.56. The Morgan fingerprint density at radius 3 is 2.44 bits per heavy atom. The second-order valence-electron chi connectivity index (χ2n) is 5.23. The summed E-state index contributed by atoms with van der Waals surface area (Å²) < 4.78 is 31.8. The highest BCUT2D eigenvalue weighted by Crippen LogP contribution is 2.25. The lowest BCUT2D eigenvalue weighted by Crippen LogP contribution is -2.01. The number of esters is 1. The molecule has 0 spiro atoms. The lowest BCUT2D eigenvalue weighted by Gasteiger charge is -2.08. The van der Waals surface area contributed by atoms with Crippen LogP contribution < -0.4 is 5.32 Å². The molecule has 0 aliphatic heterocycles. The number of benzene rings is 2. The second kappa shape index (κ2) is 7.09. The zero-order valence-electron chi connectivity index (χ0n) is 13.3. The molecular formula is C19H14F2N2O2. The van der Waals surface area contributed by atoms with Crippen molar-refractivity contribution in [2.75, 3.05) is 12.4 Å². The Balaban J connectivity index is 1.77. The average molecular weight is 340 g/mol. The molecule has 3 rings (SSSR count). The van der Waals surface area contributed by atoms with Gasteiger partial charge in [0.15, 0.2) is 11.6 Å². The number of hydrogen-bond acceptors (Lipinski definition) is 4. The van der Waals surface area contributed by atoms with Gasteiger partial charge in [-0.25, -0.2) is 18.6 Å². The number of pyridine rings is 1. The molecule has 0 fully saturated rings. The zero-order chi connectivity index (χ0) is 17.8. The van der Waals surface area contributed by atoms with Crippen LogP contribution in [0.2, 0.25) is 0 Å². The van der Waals surface area contributed by atoms with Gasteiger partial charge < -0.3 is 10.1 Å². The number of anilines is 2. The summed E-state index contributed by atoms with van der Waals surface area (Å²) in [5.74, 6) is -1.67. The van der Waals surface area contributed by atoms with Crippen LogP contribution in [0.5, 0.6) is 0 Å². The molecule has 1 N–H and O–H groups in total. The molecule has 0 amide bonds. The molecule has 1 heterocycles. The van der Waals surface area contributed by atoms with Crippen molar-refractivity contribution in [2.45, 2.75) is 0 Å². The van der Waals surface area contributed by atoms with Gasteiger partial charge in [-0.15, -0.1) is 0 Å². The predicted molar refractivity (Wildman–Crippen MR) is 90.7 cm³/mol. The Hall–Kier alpha value is -3.28. The van der Waals surface area contributed by atoms with E-state index in [0.717, 1.165) is 11.8 Å². The van der Waals surface area contributed by atoms with E-state index in [0.29, 0.717) is 16.9 Å². The van der Waals surface area contributed by atoms with E-state index in [2.05, 4.69) is 15.0 Å². The van der Waals surface area contributed by atoms with Crippen LogP contribution in [0.15, 0.2) is 60.8 Å². The molecule has 25 heavy (non-hydrogen) atoms. The van der Waals surface area contributed by atoms with E-state index in [1.165, 1.54) is 25.4 Å². The van der Waals surface area contributed by atoms with Gasteiger partial charge in [0, 0.05) is 23.0 Å². The number of carbonyl (C=O) groups is 1. The number of rotatable bonds is 4. The molecular weight excluding hydrogens is 326 g/mol. The molecule has 0 aliphatic rings. The molecule has 0 aliphatic carbocycles. The van der Waals surface area contributed by atoms with Gasteiger partial charge in [-0.3, -0.25) is 0 Å². The van der Waals surface area contributed by atoms with Gasteiger partial charge in [0.2, 0.25) is 0 Å². The first-order valence-corrected chi connectivity index (χ1v) is 7.44. The minimum absolute atomic E-state index is 0.154. The van der Waals surface area contributed by atoms with Crippen molar-refractivity contribution in [1.29, 1.82) is 0 Å². The fraction of sp³-hybridized carbons (Fsp3) is 0.0526. The third-order valence-electron chi connectivity index (χ3n) is 3.60. The van der Waals surface area contributed by atoms with E-state index in [1.807, 2.05) is 0 Å². The number of nitrogens with zero attached hydrogens (tertiary/aromatic N) is 1. The molecule has 0 saturated carbocycles. The standard InChI is InChI=1S/C19H14F2N2O2/c1-25-19(24)12-5-8-14(9-6-12)23-17-10-7-13(11-22-17)15-3-2-4-16(20)18(15)21/h2-11H,1H3,(H,22,23). The van der Waals surface area contributed by atoms with Crippen molar-refractivity contribution >= 4 is 17.5 Å². The largest absolute Gasteiger partial charge is 0.465 e. The van der Waals surface area contributed by atoms with Gasteiger partial charge in [0.05, 0.1) is 12.7 Å². The van der Waals surface area contributed by atoms with Crippen LogP contribution in [0.25, 0.3) is 11.1 Å². The van der Waals surface area contributed by atoms with Crippen LogP contribution in [0.3, 0.4) is 0 Å². The topological polar surface area (TPSA) is 51.2 Å². The highest BCUT2D eigenvalue weighted by atomic mass is 19.2. The van der Waals surface area contributed by atoms with Gasteiger partial charge in [-0.2, -0.15) is 0 Å². The summed E-state index contributed by atoms with van der Waals surface area (Å²) in [5, 5.41) is 3.06. The molecule has 3 aromatic rings. The van der Waals surface area contributed by atoms with Crippen LogP contribution in [0.1, 0.15) is 10.4 Å². The third kappa shape index (κ3) is 3.63. The summed E-state index contributed by atoms with van der Waals surface area (Å²) >= 11 is 0. The quantitative estimate of drug-likeness (QED) is 0.708. The van der Waals surface area contributed by atoms with Gasteiger partial charge in [0.25, 0.3) is 0 Å². The van der Waals surface area contributed by atoms with E-state index < -0.39 is 17.6 Å². The molecule has 126 valence electrons. The molecule has 0 bridgehead atoms. The summed E-state index contributed by atoms with van der Waals surface area (Å²) in [4.78, 5) is 15.6. The Bertz CT molecular complexity index is 894. The van der Waals surface area contributed by atoms with Gasteiger partial charge >= 0.3 is 5.97 Å². The van der Waals surface area contributed by atoms with Crippen molar-refractivity contribution in [1.82, 2.24) is 4.98 Å². The number of nitrogens with one attached hydrogen (secondary N) is 1. The Kier molecular flexibility index (Phi) is 4.70. The first kappa shape index (κ1) is 16.6. The summed E-state index contributed by atoms with van der Waals surface area (Å²) in [6, 6.07) is 14.0. The average Bonchev–Trinajstić information content (AvgIpc) is 2.65. The fourth-order valence-corrected chi connectivity index (χ4v) is 2.31. The third-order valence-corrected chi connectivity index (χ3v) is 3.60. The fourth-order valence-electron chi connectivity index (χ4n) is 2.31. The smallest absolute Gasteiger partial charge is 0.337 e. The maximum absolute atomic E-state index is 13.8. The molecule has 0 radical (unpaired) electrons. The normalized spacial score (nSPS) is 10.4. The maximum atomic E-state index is 13.8. The van der Waals surface area contributed by atoms with Gasteiger partial charge in [-0.05, 0) is 42.5 Å². The molecule has 1 aromatic heterocycles. The van der Waals surface area contributed by atoms with Crippen LogP contribution in [-0.4, -0.2) is 18.1 Å². The highest BCUT2D eigenvalue weighted by Gasteiger charge is 2.10. The van der Waals surface area contributed by atoms with E-state index in [9.17, 15) is 13.6 Å². The van der Waals surface area contributed by atoms with Crippen molar-refractivity contribution in [3.8, 4) is 11.1 Å². The summed E-state index contributed by atoms with van der Waals surface area (Å²) in [5.41, 5.74) is 1.80. The Morgan fingerprint density at radius 2 is 1.80 bits per heavy atom. The molecule has 0 saturated heterocycles. The molecule has 0 atom stereocenters. The lowest BCUT2D eigenvalue weighted by atomic mass is 10.1. The van der Waals surface area contributed by atoms with Crippen molar-refractivity contribution in [2.24, 2.45) is 0 Å². The van der Waals surface area contributed by atoms with E-state index in [4.69, 9.17) is 0 Å². The number of aromatic nitrogens is 1. The minimum Gasteiger partial charge on any atom is -0.465 e. The number of carbonyl (C=O) groups excluding carboxylic acids is 1. The van der Waals surface area contributed by atoms with Crippen LogP contribution in [0, 0.1) is 11.6 Å². The Labute approximate surface area is 143 Å². The molecule has 2 aromatic carbocycles. The van der Waals surface area contributed by atoms with Crippen LogP contribution in [-0.2, 0) is 4.74 Å². The van der Waals surface area contributed by atoms with E-state index in [1.54, 1.807) is 36.4 Å². The highest BCUT2D eigenvalue weighted by molar-refractivity contribution is 5.89.